The zero-order valence-electron chi connectivity index (χ0n) is 16.5. The van der Waals surface area contributed by atoms with Crippen molar-refractivity contribution in [1.29, 1.82) is 0 Å². The van der Waals surface area contributed by atoms with Crippen molar-refractivity contribution in [3.8, 4) is 5.75 Å². The standard InChI is InChI=1S/C23H13Cl2FI2N2O2S/c24-15-5-2-6-18(20(15)25)29-23-30-22(31)19(33-23)10-13-8-16(27)21(17(28)9-13)32-11-12-3-1-4-14(26)7-12/h1-10H,11H2,(H,29,30,31)/b19-10+. The minimum absolute atomic E-state index is 0.242. The first kappa shape index (κ1) is 24.8. The van der Waals surface area contributed by atoms with E-state index in [4.69, 9.17) is 27.9 Å². The average Bonchev–Trinajstić information content (AvgIpc) is 3.09. The van der Waals surface area contributed by atoms with E-state index >= 15 is 0 Å². The average molecular weight is 725 g/mol. The Morgan fingerprint density at radius 1 is 1.09 bits per heavy atom. The number of ether oxygens (including phenoxy) is 1. The Kier molecular flexibility index (Phi) is 8.21. The lowest BCUT2D eigenvalue weighted by Crippen LogP contribution is -2.19. The Hall–Kier alpha value is -1.34. The van der Waals surface area contributed by atoms with Gasteiger partial charge in [0.05, 0.1) is 27.8 Å². The van der Waals surface area contributed by atoms with Crippen LogP contribution in [0.4, 0.5) is 10.1 Å². The van der Waals surface area contributed by atoms with Gasteiger partial charge in [0.1, 0.15) is 18.2 Å². The van der Waals surface area contributed by atoms with Crippen LogP contribution in [0.15, 0.2) is 64.5 Å². The molecule has 168 valence electrons. The van der Waals surface area contributed by atoms with Crippen LogP contribution in [-0.2, 0) is 11.4 Å². The maximum atomic E-state index is 13.4. The quantitative estimate of drug-likeness (QED) is 0.216. The molecule has 33 heavy (non-hydrogen) atoms. The lowest BCUT2D eigenvalue weighted by atomic mass is 10.2. The number of rotatable bonds is 5. The largest absolute Gasteiger partial charge is 0.487 e. The summed E-state index contributed by atoms with van der Waals surface area (Å²) in [4.78, 5) is 17.4. The molecule has 3 aromatic rings. The number of hydrogen-bond acceptors (Lipinski definition) is 4. The summed E-state index contributed by atoms with van der Waals surface area (Å²) in [7, 11) is 0. The van der Waals surface area contributed by atoms with Crippen LogP contribution >= 0.6 is 80.1 Å². The first-order valence-electron chi connectivity index (χ1n) is 9.40. The van der Waals surface area contributed by atoms with Gasteiger partial charge < -0.3 is 10.1 Å². The molecule has 0 atom stereocenters. The number of nitrogens with zero attached hydrogens (tertiary/aromatic N) is 1. The molecule has 0 bridgehead atoms. The summed E-state index contributed by atoms with van der Waals surface area (Å²) < 4.78 is 21.1. The van der Waals surface area contributed by atoms with Crippen molar-refractivity contribution in [3.05, 3.63) is 93.6 Å². The van der Waals surface area contributed by atoms with E-state index < -0.39 is 0 Å². The number of amidine groups is 1. The third-order valence-electron chi connectivity index (χ3n) is 4.39. The van der Waals surface area contributed by atoms with Crippen molar-refractivity contribution in [3.63, 3.8) is 0 Å². The Morgan fingerprint density at radius 2 is 1.82 bits per heavy atom. The van der Waals surface area contributed by atoms with Crippen molar-refractivity contribution in [1.82, 2.24) is 5.32 Å². The minimum Gasteiger partial charge on any atom is -0.487 e. The van der Waals surface area contributed by atoms with Gasteiger partial charge >= 0.3 is 0 Å². The van der Waals surface area contributed by atoms with Gasteiger partial charge in [0.2, 0.25) is 0 Å². The molecule has 10 heteroatoms. The normalized spacial score (nSPS) is 15.8. The highest BCUT2D eigenvalue weighted by Crippen LogP contribution is 2.35. The van der Waals surface area contributed by atoms with Gasteiger partial charge in [-0.05, 0) is 111 Å². The predicted molar refractivity (Wildman–Crippen MR) is 150 cm³/mol. The number of carbonyl (C=O) groups is 1. The van der Waals surface area contributed by atoms with E-state index in [2.05, 4.69) is 55.5 Å². The highest BCUT2D eigenvalue weighted by molar-refractivity contribution is 14.1. The van der Waals surface area contributed by atoms with Gasteiger partial charge in [0.15, 0.2) is 5.17 Å². The maximum absolute atomic E-state index is 13.4. The molecule has 4 nitrogen and oxygen atoms in total. The van der Waals surface area contributed by atoms with Gasteiger partial charge in [-0.3, -0.25) is 4.79 Å². The molecule has 3 aromatic carbocycles. The monoisotopic (exact) mass is 724 g/mol. The fourth-order valence-electron chi connectivity index (χ4n) is 2.90. The number of benzene rings is 3. The lowest BCUT2D eigenvalue weighted by molar-refractivity contribution is -0.115. The molecule has 4 rings (SSSR count). The lowest BCUT2D eigenvalue weighted by Gasteiger charge is -2.12. The Labute approximate surface area is 231 Å². The molecule has 0 aromatic heterocycles. The van der Waals surface area contributed by atoms with E-state index in [1.807, 2.05) is 18.2 Å². The SMILES string of the molecule is O=C1NC(=Nc2cccc(Cl)c2Cl)S/C1=C/c1cc(I)c(OCc2cccc(F)c2)c(I)c1. The first-order chi connectivity index (χ1) is 15.8. The number of thioether (sulfide) groups is 1. The molecular formula is C23H13Cl2FI2N2O2S. The minimum atomic E-state index is -0.296. The van der Waals surface area contributed by atoms with Gasteiger partial charge in [-0.1, -0.05) is 41.4 Å². The molecule has 1 aliphatic heterocycles. The van der Waals surface area contributed by atoms with Crippen LogP contribution in [0.1, 0.15) is 11.1 Å². The topological polar surface area (TPSA) is 50.7 Å². The fourth-order valence-corrected chi connectivity index (χ4v) is 6.20. The van der Waals surface area contributed by atoms with Crippen LogP contribution in [0, 0.1) is 13.0 Å². The smallest absolute Gasteiger partial charge is 0.264 e. The first-order valence-corrected chi connectivity index (χ1v) is 13.1. The zero-order chi connectivity index (χ0) is 23.5. The molecule has 1 saturated heterocycles. The Morgan fingerprint density at radius 3 is 2.55 bits per heavy atom. The molecule has 1 aliphatic rings. The van der Waals surface area contributed by atoms with Crippen LogP contribution in [0.3, 0.4) is 0 Å². The molecule has 0 aliphatic carbocycles. The van der Waals surface area contributed by atoms with Crippen molar-refractivity contribution in [2.24, 2.45) is 4.99 Å². The van der Waals surface area contributed by atoms with Crippen molar-refractivity contribution >= 4 is 103 Å². The molecule has 1 heterocycles. The van der Waals surface area contributed by atoms with Crippen LogP contribution in [0.5, 0.6) is 5.75 Å². The predicted octanol–water partition coefficient (Wildman–Crippen LogP) is 7.81. The summed E-state index contributed by atoms with van der Waals surface area (Å²) in [5.74, 6) is 0.174. The fraction of sp³-hybridized carbons (Fsp3) is 0.0435. The molecular weight excluding hydrogens is 712 g/mol. The molecule has 0 spiro atoms. The highest BCUT2D eigenvalue weighted by Gasteiger charge is 2.24. The molecule has 1 N–H and O–H groups in total. The zero-order valence-corrected chi connectivity index (χ0v) is 23.2. The second-order valence-electron chi connectivity index (χ2n) is 6.79. The Bertz CT molecular complexity index is 1290. The number of halogens is 5. The van der Waals surface area contributed by atoms with Gasteiger partial charge in [-0.2, -0.15) is 0 Å². The Balaban J connectivity index is 1.52. The van der Waals surface area contributed by atoms with E-state index in [9.17, 15) is 9.18 Å². The summed E-state index contributed by atoms with van der Waals surface area (Å²) in [5, 5.41) is 3.90. The van der Waals surface area contributed by atoms with E-state index in [0.29, 0.717) is 31.6 Å². The summed E-state index contributed by atoms with van der Waals surface area (Å²) >= 11 is 17.8. The van der Waals surface area contributed by atoms with Gasteiger partial charge in [-0.15, -0.1) is 0 Å². The summed E-state index contributed by atoms with van der Waals surface area (Å²) in [5.41, 5.74) is 2.08. The van der Waals surface area contributed by atoms with Crippen LogP contribution in [-0.4, -0.2) is 11.1 Å². The van der Waals surface area contributed by atoms with Crippen LogP contribution in [0.25, 0.3) is 6.08 Å². The maximum Gasteiger partial charge on any atom is 0.264 e. The number of nitrogens with one attached hydrogen (secondary N) is 1. The van der Waals surface area contributed by atoms with E-state index in [0.717, 1.165) is 18.3 Å². The highest BCUT2D eigenvalue weighted by atomic mass is 127. The van der Waals surface area contributed by atoms with Gasteiger partial charge in [0.25, 0.3) is 5.91 Å². The third-order valence-corrected chi connectivity index (χ3v) is 7.72. The number of aliphatic imine (C=N–C) groups is 1. The third kappa shape index (κ3) is 6.21. The van der Waals surface area contributed by atoms with Crippen molar-refractivity contribution in [2.45, 2.75) is 6.61 Å². The van der Waals surface area contributed by atoms with Crippen molar-refractivity contribution in [2.75, 3.05) is 0 Å². The number of hydrogen-bond donors (Lipinski definition) is 1. The van der Waals surface area contributed by atoms with E-state index in [1.54, 1.807) is 30.3 Å². The number of carbonyl (C=O) groups excluding carboxylic acids is 1. The molecule has 0 saturated carbocycles. The second-order valence-corrected chi connectivity index (χ2v) is 10.9. The van der Waals surface area contributed by atoms with Gasteiger partial charge in [0, 0.05) is 0 Å². The summed E-state index contributed by atoms with van der Waals surface area (Å²) in [6, 6.07) is 15.3. The van der Waals surface area contributed by atoms with Crippen LogP contribution < -0.4 is 10.1 Å². The van der Waals surface area contributed by atoms with E-state index in [-0.39, 0.29) is 18.3 Å². The van der Waals surface area contributed by atoms with E-state index in [1.165, 1.54) is 23.9 Å². The molecule has 0 radical (unpaired) electrons. The van der Waals surface area contributed by atoms with Crippen LogP contribution in [0.2, 0.25) is 10.0 Å². The number of amides is 1. The summed E-state index contributed by atoms with van der Waals surface area (Å²) in [6.07, 6.45) is 1.79. The van der Waals surface area contributed by atoms with Gasteiger partial charge in [-0.25, -0.2) is 9.38 Å². The molecule has 0 unspecified atom stereocenters. The second kappa shape index (κ2) is 10.9. The van der Waals surface area contributed by atoms with Crippen molar-refractivity contribution < 1.29 is 13.9 Å². The summed E-state index contributed by atoms with van der Waals surface area (Å²) in [6.45, 7) is 0.258. The molecule has 1 fully saturated rings. The molecule has 1 amide bonds.